The van der Waals surface area contributed by atoms with Crippen molar-refractivity contribution >= 4 is 29.1 Å². The highest BCUT2D eigenvalue weighted by molar-refractivity contribution is 7.99. The molecule has 1 N–H and O–H groups in total. The predicted octanol–water partition coefficient (Wildman–Crippen LogP) is 5.37. The van der Waals surface area contributed by atoms with E-state index in [1.165, 1.54) is 21.7 Å². The Balaban J connectivity index is 2.10. The summed E-state index contributed by atoms with van der Waals surface area (Å²) in [5.41, 5.74) is 3.70. The van der Waals surface area contributed by atoms with Crippen molar-refractivity contribution in [1.29, 1.82) is 0 Å². The van der Waals surface area contributed by atoms with E-state index in [1.807, 2.05) is 23.9 Å². The van der Waals surface area contributed by atoms with Gasteiger partial charge in [-0.3, -0.25) is 0 Å². The summed E-state index contributed by atoms with van der Waals surface area (Å²) in [6, 6.07) is 14.5. The maximum absolute atomic E-state index is 5.98. The summed E-state index contributed by atoms with van der Waals surface area (Å²) in [5, 5.41) is 4.31. The molecule has 0 amide bonds. The molecule has 0 saturated carbocycles. The molecule has 2 rings (SSSR count). The largest absolute Gasteiger partial charge is 0.380 e. The van der Waals surface area contributed by atoms with Crippen LogP contribution >= 0.6 is 23.4 Å². The summed E-state index contributed by atoms with van der Waals surface area (Å²) in [7, 11) is 0. The first-order valence-electron chi connectivity index (χ1n) is 6.41. The van der Waals surface area contributed by atoms with Gasteiger partial charge in [-0.15, -0.1) is 11.8 Å². The van der Waals surface area contributed by atoms with Crippen molar-refractivity contribution < 1.29 is 0 Å². The maximum Gasteiger partial charge on any atom is 0.0481 e. The van der Waals surface area contributed by atoms with Gasteiger partial charge in [0.2, 0.25) is 0 Å². The summed E-state index contributed by atoms with van der Waals surface area (Å²) in [6.45, 7) is 5.09. The van der Waals surface area contributed by atoms with Gasteiger partial charge < -0.3 is 5.32 Å². The van der Waals surface area contributed by atoms with Crippen molar-refractivity contribution in [2.45, 2.75) is 25.3 Å². The summed E-state index contributed by atoms with van der Waals surface area (Å²) in [6.07, 6.45) is 0. The summed E-state index contributed by atoms with van der Waals surface area (Å²) >= 11 is 7.84. The van der Waals surface area contributed by atoms with Crippen molar-refractivity contribution in [3.05, 3.63) is 58.6 Å². The van der Waals surface area contributed by atoms with E-state index in [0.717, 1.165) is 17.3 Å². The molecule has 0 atom stereocenters. The minimum Gasteiger partial charge on any atom is -0.380 e. The molecular weight excluding hydrogens is 274 g/mol. The van der Waals surface area contributed by atoms with Crippen LogP contribution in [-0.4, -0.2) is 5.75 Å². The Bertz CT molecular complexity index is 554. The standard InChI is InChI=1S/C16H18ClNS/c1-3-19-16-7-5-4-6-15(16)18-11-13-8-9-14(17)10-12(13)2/h4-10,18H,3,11H2,1-2H3. The third-order valence-electron chi connectivity index (χ3n) is 2.96. The molecule has 0 saturated heterocycles. The third-order valence-corrected chi connectivity index (χ3v) is 4.15. The monoisotopic (exact) mass is 291 g/mol. The first kappa shape index (κ1) is 14.3. The molecule has 0 spiro atoms. The quantitative estimate of drug-likeness (QED) is 0.743. The van der Waals surface area contributed by atoms with Crippen LogP contribution in [0.25, 0.3) is 0 Å². The van der Waals surface area contributed by atoms with Gasteiger partial charge in [-0.05, 0) is 48.1 Å². The number of rotatable bonds is 5. The van der Waals surface area contributed by atoms with Gasteiger partial charge in [0, 0.05) is 22.2 Å². The minimum absolute atomic E-state index is 0.795. The summed E-state index contributed by atoms with van der Waals surface area (Å²) in [4.78, 5) is 1.30. The molecule has 2 aromatic rings. The van der Waals surface area contributed by atoms with Crippen molar-refractivity contribution in [2.24, 2.45) is 0 Å². The van der Waals surface area contributed by atoms with Crippen LogP contribution in [0, 0.1) is 6.92 Å². The molecule has 0 aliphatic carbocycles. The first-order chi connectivity index (χ1) is 9.20. The van der Waals surface area contributed by atoms with Gasteiger partial charge in [-0.2, -0.15) is 0 Å². The van der Waals surface area contributed by atoms with Gasteiger partial charge in [-0.25, -0.2) is 0 Å². The van der Waals surface area contributed by atoms with Gasteiger partial charge in [0.25, 0.3) is 0 Å². The summed E-state index contributed by atoms with van der Waals surface area (Å²) in [5.74, 6) is 1.08. The van der Waals surface area contributed by atoms with E-state index in [1.54, 1.807) is 0 Å². The maximum atomic E-state index is 5.98. The third kappa shape index (κ3) is 3.92. The second-order valence-electron chi connectivity index (χ2n) is 4.35. The Hall–Kier alpha value is -1.12. The molecule has 0 bridgehead atoms. The average Bonchev–Trinajstić information content (AvgIpc) is 2.40. The number of halogens is 1. The Morgan fingerprint density at radius 2 is 1.95 bits per heavy atom. The number of benzene rings is 2. The molecule has 19 heavy (non-hydrogen) atoms. The van der Waals surface area contributed by atoms with Gasteiger partial charge >= 0.3 is 0 Å². The molecule has 2 aromatic carbocycles. The van der Waals surface area contributed by atoms with Crippen LogP contribution in [0.3, 0.4) is 0 Å². The molecule has 0 aliphatic rings. The van der Waals surface area contributed by atoms with E-state index >= 15 is 0 Å². The van der Waals surface area contributed by atoms with Crippen molar-refractivity contribution in [2.75, 3.05) is 11.1 Å². The molecule has 0 aromatic heterocycles. The lowest BCUT2D eigenvalue weighted by Gasteiger charge is -2.12. The van der Waals surface area contributed by atoms with Crippen LogP contribution in [0.4, 0.5) is 5.69 Å². The molecule has 0 heterocycles. The predicted molar refractivity (Wildman–Crippen MR) is 86.4 cm³/mol. The highest BCUT2D eigenvalue weighted by Crippen LogP contribution is 2.27. The van der Waals surface area contributed by atoms with Crippen LogP contribution in [0.2, 0.25) is 5.02 Å². The Labute approximate surface area is 124 Å². The van der Waals surface area contributed by atoms with E-state index in [-0.39, 0.29) is 0 Å². The lowest BCUT2D eigenvalue weighted by atomic mass is 10.1. The van der Waals surface area contributed by atoms with E-state index in [0.29, 0.717) is 0 Å². The SMILES string of the molecule is CCSc1ccccc1NCc1ccc(Cl)cc1C. The number of aryl methyl sites for hydroxylation is 1. The smallest absolute Gasteiger partial charge is 0.0481 e. The van der Waals surface area contributed by atoms with E-state index < -0.39 is 0 Å². The fraction of sp³-hybridized carbons (Fsp3) is 0.250. The Kier molecular flexibility index (Phi) is 5.17. The van der Waals surface area contributed by atoms with Gasteiger partial charge in [0.05, 0.1) is 0 Å². The van der Waals surface area contributed by atoms with E-state index in [9.17, 15) is 0 Å². The number of thioether (sulfide) groups is 1. The zero-order valence-corrected chi connectivity index (χ0v) is 12.8. The lowest BCUT2D eigenvalue weighted by molar-refractivity contribution is 1.10. The number of anilines is 1. The molecule has 0 unspecified atom stereocenters. The zero-order chi connectivity index (χ0) is 13.7. The van der Waals surface area contributed by atoms with Gasteiger partial charge in [0.1, 0.15) is 0 Å². The molecule has 0 aliphatic heterocycles. The normalized spacial score (nSPS) is 10.5. The van der Waals surface area contributed by atoms with Crippen molar-refractivity contribution in [3.63, 3.8) is 0 Å². The van der Waals surface area contributed by atoms with E-state index in [2.05, 4.69) is 49.5 Å². The average molecular weight is 292 g/mol. The molecule has 1 nitrogen and oxygen atoms in total. The molecular formula is C16H18ClNS. The topological polar surface area (TPSA) is 12.0 Å². The summed E-state index contributed by atoms with van der Waals surface area (Å²) < 4.78 is 0. The minimum atomic E-state index is 0.795. The number of hydrogen-bond donors (Lipinski definition) is 1. The molecule has 3 heteroatoms. The number of nitrogens with one attached hydrogen (secondary N) is 1. The molecule has 0 fully saturated rings. The molecule has 0 radical (unpaired) electrons. The van der Waals surface area contributed by atoms with Crippen LogP contribution in [0.15, 0.2) is 47.4 Å². The second kappa shape index (κ2) is 6.88. The van der Waals surface area contributed by atoms with Crippen LogP contribution in [0.1, 0.15) is 18.1 Å². The first-order valence-corrected chi connectivity index (χ1v) is 7.77. The number of hydrogen-bond acceptors (Lipinski definition) is 2. The highest BCUT2D eigenvalue weighted by atomic mass is 35.5. The fourth-order valence-corrected chi connectivity index (χ4v) is 2.95. The Morgan fingerprint density at radius 1 is 1.16 bits per heavy atom. The molecule has 100 valence electrons. The van der Waals surface area contributed by atoms with Gasteiger partial charge in [-0.1, -0.05) is 36.7 Å². The van der Waals surface area contributed by atoms with Gasteiger partial charge in [0.15, 0.2) is 0 Å². The number of para-hydroxylation sites is 1. The van der Waals surface area contributed by atoms with Crippen LogP contribution in [-0.2, 0) is 6.54 Å². The zero-order valence-electron chi connectivity index (χ0n) is 11.2. The van der Waals surface area contributed by atoms with Crippen LogP contribution < -0.4 is 5.32 Å². The highest BCUT2D eigenvalue weighted by Gasteiger charge is 2.03. The van der Waals surface area contributed by atoms with Crippen LogP contribution in [0.5, 0.6) is 0 Å². The lowest BCUT2D eigenvalue weighted by Crippen LogP contribution is -2.02. The van der Waals surface area contributed by atoms with Crippen molar-refractivity contribution in [1.82, 2.24) is 0 Å². The second-order valence-corrected chi connectivity index (χ2v) is 6.10. The fourth-order valence-electron chi connectivity index (χ4n) is 1.94. The Morgan fingerprint density at radius 3 is 2.68 bits per heavy atom. The van der Waals surface area contributed by atoms with Crippen molar-refractivity contribution in [3.8, 4) is 0 Å². The van der Waals surface area contributed by atoms with E-state index in [4.69, 9.17) is 11.6 Å².